The summed E-state index contributed by atoms with van der Waals surface area (Å²) in [6.45, 7) is 1.74. The number of fused-ring (bicyclic) bond motifs is 5. The Labute approximate surface area is 119 Å². The van der Waals surface area contributed by atoms with Crippen molar-refractivity contribution < 1.29 is 4.42 Å². The number of hydrogen-bond acceptors (Lipinski definition) is 3. The van der Waals surface area contributed by atoms with Crippen LogP contribution >= 0.6 is 0 Å². The molecule has 0 aliphatic heterocycles. The minimum absolute atomic E-state index is 0.103. The van der Waals surface area contributed by atoms with Crippen LogP contribution in [-0.4, -0.2) is 4.98 Å². The molecule has 0 spiro atoms. The third-order valence-electron chi connectivity index (χ3n) is 3.87. The molecule has 0 aliphatic rings. The number of nitriles is 1. The first-order valence-electron chi connectivity index (χ1n) is 6.57. The van der Waals surface area contributed by atoms with E-state index in [0.717, 1.165) is 16.2 Å². The van der Waals surface area contributed by atoms with Gasteiger partial charge < -0.3 is 9.40 Å². The first-order valence-corrected chi connectivity index (χ1v) is 6.57. The molecule has 1 N–H and O–H groups in total. The number of nitrogens with one attached hydrogen (secondary N) is 1. The van der Waals surface area contributed by atoms with Gasteiger partial charge in [-0.3, -0.25) is 4.79 Å². The second-order valence-electron chi connectivity index (χ2n) is 5.03. The van der Waals surface area contributed by atoms with E-state index in [1.807, 2.05) is 42.5 Å². The van der Waals surface area contributed by atoms with Gasteiger partial charge in [0.15, 0.2) is 5.58 Å². The Hall–Kier alpha value is -3.06. The number of nitrogens with zero attached hydrogens (tertiary/aromatic N) is 1. The molecule has 0 bridgehead atoms. The van der Waals surface area contributed by atoms with E-state index in [0.29, 0.717) is 22.2 Å². The Morgan fingerprint density at radius 3 is 2.81 bits per heavy atom. The zero-order valence-electron chi connectivity index (χ0n) is 11.2. The third-order valence-corrected chi connectivity index (χ3v) is 3.87. The van der Waals surface area contributed by atoms with Crippen LogP contribution in [-0.2, 0) is 0 Å². The topological polar surface area (TPSA) is 69.8 Å². The molecule has 4 nitrogen and oxygen atoms in total. The van der Waals surface area contributed by atoms with Crippen molar-refractivity contribution in [1.29, 1.82) is 5.26 Å². The van der Waals surface area contributed by atoms with Crippen LogP contribution in [0.3, 0.4) is 0 Å². The van der Waals surface area contributed by atoms with Crippen LogP contribution in [0.25, 0.3) is 32.8 Å². The SMILES string of the molecule is Cc1c(C#N)c(=O)[nH]c2c1oc1ccc3ccccc3c12. The maximum atomic E-state index is 12.0. The highest BCUT2D eigenvalue weighted by Gasteiger charge is 2.16. The number of hydrogen-bond donors (Lipinski definition) is 1. The standard InChI is InChI=1S/C17H10N2O2/c1-9-12(8-18)17(20)19-15-14-11-5-3-2-4-10(11)6-7-13(14)21-16(9)15/h2-7H,1H3,(H,19,20). The summed E-state index contributed by atoms with van der Waals surface area (Å²) in [6.07, 6.45) is 0. The molecule has 0 aliphatic carbocycles. The van der Waals surface area contributed by atoms with Crippen LogP contribution in [0.2, 0.25) is 0 Å². The third kappa shape index (κ3) is 1.46. The predicted molar refractivity (Wildman–Crippen MR) is 81.3 cm³/mol. The molecule has 0 unspecified atom stereocenters. The normalized spacial score (nSPS) is 11.2. The Bertz CT molecular complexity index is 1130. The van der Waals surface area contributed by atoms with E-state index in [1.165, 1.54) is 0 Å². The van der Waals surface area contributed by atoms with Crippen molar-refractivity contribution in [2.24, 2.45) is 0 Å². The van der Waals surface area contributed by atoms with Gasteiger partial charge in [0.25, 0.3) is 5.56 Å². The molecule has 4 rings (SSSR count). The van der Waals surface area contributed by atoms with Gasteiger partial charge in [-0.05, 0) is 23.8 Å². The first kappa shape index (κ1) is 11.7. The Balaban J connectivity index is 2.35. The molecule has 0 saturated carbocycles. The van der Waals surface area contributed by atoms with Crippen molar-refractivity contribution in [2.45, 2.75) is 6.92 Å². The molecular weight excluding hydrogens is 264 g/mol. The van der Waals surface area contributed by atoms with Crippen LogP contribution in [0.1, 0.15) is 11.1 Å². The lowest BCUT2D eigenvalue weighted by Crippen LogP contribution is -2.11. The van der Waals surface area contributed by atoms with Gasteiger partial charge in [-0.15, -0.1) is 0 Å². The second-order valence-corrected chi connectivity index (χ2v) is 5.03. The molecule has 0 saturated heterocycles. The number of furan rings is 1. The number of aromatic amines is 1. The number of rotatable bonds is 0. The lowest BCUT2D eigenvalue weighted by molar-refractivity contribution is 0.664. The van der Waals surface area contributed by atoms with Crippen LogP contribution in [0.15, 0.2) is 45.6 Å². The van der Waals surface area contributed by atoms with Gasteiger partial charge in [0, 0.05) is 5.56 Å². The van der Waals surface area contributed by atoms with Gasteiger partial charge in [-0.25, -0.2) is 0 Å². The summed E-state index contributed by atoms with van der Waals surface area (Å²) in [6, 6.07) is 13.7. The zero-order valence-corrected chi connectivity index (χ0v) is 11.2. The molecule has 0 atom stereocenters. The van der Waals surface area contributed by atoms with Crippen molar-refractivity contribution in [2.75, 3.05) is 0 Å². The average molecular weight is 274 g/mol. The monoisotopic (exact) mass is 274 g/mol. The summed E-state index contributed by atoms with van der Waals surface area (Å²) in [5.41, 5.74) is 2.24. The fourth-order valence-electron chi connectivity index (χ4n) is 2.85. The number of benzene rings is 2. The maximum Gasteiger partial charge on any atom is 0.266 e. The molecule has 2 aromatic heterocycles. The van der Waals surface area contributed by atoms with Crippen molar-refractivity contribution in [1.82, 2.24) is 4.98 Å². The molecule has 0 radical (unpaired) electrons. The average Bonchev–Trinajstić information content (AvgIpc) is 2.87. The van der Waals surface area contributed by atoms with Gasteiger partial charge >= 0.3 is 0 Å². The molecule has 4 aromatic rings. The summed E-state index contributed by atoms with van der Waals surface area (Å²) in [4.78, 5) is 14.8. The van der Waals surface area contributed by atoms with Gasteiger partial charge in [0.1, 0.15) is 17.2 Å². The van der Waals surface area contributed by atoms with E-state index in [-0.39, 0.29) is 11.1 Å². The summed E-state index contributed by atoms with van der Waals surface area (Å²) in [7, 11) is 0. The largest absolute Gasteiger partial charge is 0.454 e. The highest BCUT2D eigenvalue weighted by molar-refractivity contribution is 6.17. The van der Waals surface area contributed by atoms with E-state index in [1.54, 1.807) is 6.92 Å². The van der Waals surface area contributed by atoms with Gasteiger partial charge in [-0.1, -0.05) is 30.3 Å². The fraction of sp³-hybridized carbons (Fsp3) is 0.0588. The number of pyridine rings is 1. The molecule has 0 fully saturated rings. The van der Waals surface area contributed by atoms with E-state index in [9.17, 15) is 4.79 Å². The Morgan fingerprint density at radius 1 is 1.19 bits per heavy atom. The smallest absolute Gasteiger partial charge is 0.266 e. The van der Waals surface area contributed by atoms with Gasteiger partial charge in [0.05, 0.1) is 10.9 Å². The minimum Gasteiger partial charge on any atom is -0.454 e. The Kier molecular flexibility index (Phi) is 2.22. The van der Waals surface area contributed by atoms with Crippen molar-refractivity contribution >= 4 is 32.8 Å². The van der Waals surface area contributed by atoms with E-state index in [2.05, 4.69) is 4.98 Å². The van der Waals surface area contributed by atoms with Crippen LogP contribution in [0.4, 0.5) is 0 Å². The molecule has 2 heterocycles. The lowest BCUT2D eigenvalue weighted by Gasteiger charge is -1.99. The zero-order chi connectivity index (χ0) is 14.6. The first-order chi connectivity index (χ1) is 10.2. The van der Waals surface area contributed by atoms with Crippen molar-refractivity contribution in [3.8, 4) is 6.07 Å². The molecule has 4 heteroatoms. The van der Waals surface area contributed by atoms with E-state index >= 15 is 0 Å². The summed E-state index contributed by atoms with van der Waals surface area (Å²) in [5.74, 6) is 0. The number of aromatic nitrogens is 1. The number of H-pyrrole nitrogens is 1. The molecule has 0 amide bonds. The minimum atomic E-state index is -0.377. The highest BCUT2D eigenvalue weighted by atomic mass is 16.3. The van der Waals surface area contributed by atoms with E-state index in [4.69, 9.17) is 9.68 Å². The predicted octanol–water partition coefficient (Wildman–Crippen LogP) is 3.61. The van der Waals surface area contributed by atoms with Crippen LogP contribution in [0.5, 0.6) is 0 Å². The van der Waals surface area contributed by atoms with Crippen LogP contribution < -0.4 is 5.56 Å². The summed E-state index contributed by atoms with van der Waals surface area (Å²) in [5, 5.41) is 12.1. The van der Waals surface area contributed by atoms with Gasteiger partial charge in [0.2, 0.25) is 0 Å². The maximum absolute atomic E-state index is 12.0. The quantitative estimate of drug-likeness (QED) is 0.532. The van der Waals surface area contributed by atoms with Crippen molar-refractivity contribution in [3.05, 3.63) is 57.9 Å². The molecule has 2 aromatic carbocycles. The number of aryl methyl sites for hydroxylation is 1. The summed E-state index contributed by atoms with van der Waals surface area (Å²) >= 11 is 0. The van der Waals surface area contributed by atoms with Crippen molar-refractivity contribution in [3.63, 3.8) is 0 Å². The van der Waals surface area contributed by atoms with Crippen LogP contribution in [0, 0.1) is 18.3 Å². The molecular formula is C17H10N2O2. The Morgan fingerprint density at radius 2 is 2.00 bits per heavy atom. The van der Waals surface area contributed by atoms with Gasteiger partial charge in [-0.2, -0.15) is 5.26 Å². The summed E-state index contributed by atoms with van der Waals surface area (Å²) < 4.78 is 5.87. The lowest BCUT2D eigenvalue weighted by atomic mass is 10.0. The second kappa shape index (κ2) is 3.97. The molecule has 100 valence electrons. The highest BCUT2D eigenvalue weighted by Crippen LogP contribution is 2.34. The molecule has 21 heavy (non-hydrogen) atoms. The van der Waals surface area contributed by atoms with E-state index < -0.39 is 0 Å². The fourth-order valence-corrected chi connectivity index (χ4v) is 2.85.